The first kappa shape index (κ1) is 22.7. The van der Waals surface area contributed by atoms with Gasteiger partial charge in [0.1, 0.15) is 11.1 Å². The number of hydrazine groups is 1. The zero-order chi connectivity index (χ0) is 23.5. The lowest BCUT2D eigenvalue weighted by Gasteiger charge is -2.24. The number of rotatable bonds is 7. The van der Waals surface area contributed by atoms with Crippen LogP contribution in [0.4, 0.5) is 0 Å². The molecular weight excluding hydrogens is 442 g/mol. The molecule has 0 saturated carbocycles. The Balaban J connectivity index is 1.47. The summed E-state index contributed by atoms with van der Waals surface area (Å²) in [4.78, 5) is 37.3. The van der Waals surface area contributed by atoms with Crippen molar-refractivity contribution in [3.05, 3.63) is 65.4 Å². The van der Waals surface area contributed by atoms with Gasteiger partial charge >= 0.3 is 5.97 Å². The van der Waals surface area contributed by atoms with Crippen molar-refractivity contribution in [1.82, 2.24) is 15.0 Å². The summed E-state index contributed by atoms with van der Waals surface area (Å²) in [5, 5.41) is 1.77. The van der Waals surface area contributed by atoms with Crippen LogP contribution in [0.15, 0.2) is 48.5 Å². The van der Waals surface area contributed by atoms with Crippen molar-refractivity contribution in [3.8, 4) is 5.75 Å². The Morgan fingerprint density at radius 3 is 2.67 bits per heavy atom. The van der Waals surface area contributed by atoms with Crippen LogP contribution in [-0.2, 0) is 21.4 Å². The van der Waals surface area contributed by atoms with Gasteiger partial charge in [0.05, 0.1) is 17.9 Å². The van der Waals surface area contributed by atoms with E-state index in [1.165, 1.54) is 16.8 Å². The largest absolute Gasteiger partial charge is 0.484 e. The zero-order valence-electron chi connectivity index (χ0n) is 18.7. The molecule has 2 aromatic carbocycles. The summed E-state index contributed by atoms with van der Waals surface area (Å²) in [5.74, 6) is -0.270. The minimum Gasteiger partial charge on any atom is -0.484 e. The Kier molecular flexibility index (Phi) is 6.60. The van der Waals surface area contributed by atoms with Gasteiger partial charge in [-0.2, -0.15) is 0 Å². The number of carbonyl (C=O) groups excluding carboxylic acids is 3. The van der Waals surface area contributed by atoms with Crippen LogP contribution < -0.4 is 10.2 Å². The molecule has 0 spiro atoms. The van der Waals surface area contributed by atoms with E-state index in [4.69, 9.17) is 9.47 Å². The number of hydrogen-bond donors (Lipinski definition) is 1. The highest BCUT2D eigenvalue weighted by molar-refractivity contribution is 8.00. The molecule has 1 fully saturated rings. The molecule has 1 saturated heterocycles. The molecule has 3 aromatic rings. The van der Waals surface area contributed by atoms with Crippen molar-refractivity contribution in [2.45, 2.75) is 19.2 Å². The third-order valence-corrected chi connectivity index (χ3v) is 6.72. The summed E-state index contributed by atoms with van der Waals surface area (Å²) in [6, 6.07) is 14.8. The van der Waals surface area contributed by atoms with E-state index in [2.05, 4.69) is 5.43 Å². The van der Waals surface area contributed by atoms with Crippen LogP contribution in [-0.4, -0.2) is 46.3 Å². The van der Waals surface area contributed by atoms with E-state index < -0.39 is 11.9 Å². The molecule has 9 heteroatoms. The van der Waals surface area contributed by atoms with Gasteiger partial charge < -0.3 is 14.0 Å². The Bertz CT molecular complexity index is 1210. The molecule has 33 heavy (non-hydrogen) atoms. The highest BCUT2D eigenvalue weighted by atomic mass is 32.2. The molecule has 4 rings (SSSR count). The molecule has 1 aromatic heterocycles. The third kappa shape index (κ3) is 4.54. The fraction of sp³-hybridized carbons (Fsp3) is 0.292. The van der Waals surface area contributed by atoms with E-state index in [0.29, 0.717) is 22.5 Å². The molecule has 0 bridgehead atoms. The lowest BCUT2D eigenvalue weighted by molar-refractivity contribution is -0.140. The predicted molar refractivity (Wildman–Crippen MR) is 126 cm³/mol. The smallest absolute Gasteiger partial charge is 0.340 e. The second-order valence-corrected chi connectivity index (χ2v) is 8.65. The summed E-state index contributed by atoms with van der Waals surface area (Å²) in [6.07, 6.45) is 0. The predicted octanol–water partition coefficient (Wildman–Crippen LogP) is 3.35. The van der Waals surface area contributed by atoms with Gasteiger partial charge in [0.25, 0.3) is 11.8 Å². The van der Waals surface area contributed by atoms with Gasteiger partial charge in [0.15, 0.2) is 6.61 Å². The number of fused-ring (bicyclic) bond motifs is 1. The van der Waals surface area contributed by atoms with Gasteiger partial charge in [0, 0.05) is 23.6 Å². The minimum atomic E-state index is -0.443. The van der Waals surface area contributed by atoms with Gasteiger partial charge in [-0.15, -0.1) is 11.8 Å². The van der Waals surface area contributed by atoms with Gasteiger partial charge in [-0.05, 0) is 37.6 Å². The molecule has 2 amide bonds. The summed E-state index contributed by atoms with van der Waals surface area (Å²) in [6.45, 7) is 3.62. The summed E-state index contributed by atoms with van der Waals surface area (Å²) in [7, 11) is 1.88. The van der Waals surface area contributed by atoms with Crippen LogP contribution in [0.3, 0.4) is 0 Å². The number of thioether (sulfide) groups is 1. The van der Waals surface area contributed by atoms with Gasteiger partial charge in [0.2, 0.25) is 0 Å². The van der Waals surface area contributed by atoms with E-state index in [0.717, 1.165) is 16.8 Å². The molecule has 1 N–H and O–H groups in total. The van der Waals surface area contributed by atoms with E-state index >= 15 is 0 Å². The standard InChI is InChI=1S/C24H25N3O5S/c1-4-31-24(30)22-15(2)26(3)19-11-10-17(12-18(19)22)32-13-20(28)25-27-21(29)14-33-23(27)16-8-6-5-7-9-16/h5-12,23H,4,13-14H2,1-3H3,(H,25,28)/t23-/m0/s1. The lowest BCUT2D eigenvalue weighted by atomic mass is 10.1. The molecular formula is C24H25N3O5S. The summed E-state index contributed by atoms with van der Waals surface area (Å²) >= 11 is 1.46. The SMILES string of the molecule is CCOC(=O)c1c(C)n(C)c2ccc(OCC(=O)NN3C(=O)CS[C@H]3c3ccccc3)cc12. The van der Waals surface area contributed by atoms with Crippen molar-refractivity contribution >= 4 is 40.4 Å². The highest BCUT2D eigenvalue weighted by Crippen LogP contribution is 2.37. The first-order valence-corrected chi connectivity index (χ1v) is 11.6. The number of aryl methyl sites for hydroxylation is 1. The van der Waals surface area contributed by atoms with Crippen LogP contribution >= 0.6 is 11.8 Å². The van der Waals surface area contributed by atoms with Crippen LogP contribution in [0.2, 0.25) is 0 Å². The molecule has 1 atom stereocenters. The molecule has 0 aliphatic carbocycles. The maximum atomic E-state index is 12.6. The Morgan fingerprint density at radius 2 is 1.94 bits per heavy atom. The number of benzene rings is 2. The number of esters is 1. The second kappa shape index (κ2) is 9.58. The number of carbonyl (C=O) groups is 3. The molecule has 172 valence electrons. The molecule has 2 heterocycles. The maximum absolute atomic E-state index is 12.6. The highest BCUT2D eigenvalue weighted by Gasteiger charge is 2.34. The van der Waals surface area contributed by atoms with Crippen molar-refractivity contribution in [3.63, 3.8) is 0 Å². The lowest BCUT2D eigenvalue weighted by Crippen LogP contribution is -2.46. The summed E-state index contributed by atoms with van der Waals surface area (Å²) in [5.41, 5.74) is 5.73. The second-order valence-electron chi connectivity index (χ2n) is 7.58. The van der Waals surface area contributed by atoms with Crippen molar-refractivity contribution in [2.24, 2.45) is 7.05 Å². The molecule has 8 nitrogen and oxygen atoms in total. The van der Waals surface area contributed by atoms with Gasteiger partial charge in [-0.25, -0.2) is 9.80 Å². The van der Waals surface area contributed by atoms with E-state index in [1.807, 2.05) is 54.9 Å². The average molecular weight is 468 g/mol. The average Bonchev–Trinajstić information content (AvgIpc) is 3.29. The van der Waals surface area contributed by atoms with E-state index in [-0.39, 0.29) is 24.5 Å². The zero-order valence-corrected chi connectivity index (χ0v) is 19.5. The van der Waals surface area contributed by atoms with E-state index in [9.17, 15) is 14.4 Å². The molecule has 0 radical (unpaired) electrons. The van der Waals surface area contributed by atoms with Crippen LogP contribution in [0, 0.1) is 6.92 Å². The van der Waals surface area contributed by atoms with Crippen LogP contribution in [0.5, 0.6) is 5.75 Å². The van der Waals surface area contributed by atoms with E-state index in [1.54, 1.807) is 19.1 Å². The number of hydrogen-bond acceptors (Lipinski definition) is 6. The molecule has 0 unspecified atom stereocenters. The number of amides is 2. The normalized spacial score (nSPS) is 15.7. The number of aromatic nitrogens is 1. The fourth-order valence-corrected chi connectivity index (χ4v) is 4.93. The summed E-state index contributed by atoms with van der Waals surface area (Å²) < 4.78 is 12.8. The number of ether oxygens (including phenoxy) is 2. The first-order valence-electron chi connectivity index (χ1n) is 10.6. The van der Waals surface area contributed by atoms with Gasteiger partial charge in [-0.3, -0.25) is 15.0 Å². The van der Waals surface area contributed by atoms with Crippen LogP contribution in [0.25, 0.3) is 10.9 Å². The van der Waals surface area contributed by atoms with Gasteiger partial charge in [-0.1, -0.05) is 30.3 Å². The Morgan fingerprint density at radius 1 is 1.18 bits per heavy atom. The van der Waals surface area contributed by atoms with Crippen LogP contribution in [0.1, 0.15) is 33.9 Å². The Labute approximate surface area is 195 Å². The Hall–Kier alpha value is -3.46. The quantitative estimate of drug-likeness (QED) is 0.536. The number of nitrogens with one attached hydrogen (secondary N) is 1. The molecule has 1 aliphatic heterocycles. The maximum Gasteiger partial charge on any atom is 0.340 e. The van der Waals surface area contributed by atoms with Crippen molar-refractivity contribution in [1.29, 1.82) is 0 Å². The fourth-order valence-electron chi connectivity index (χ4n) is 3.83. The minimum absolute atomic E-state index is 0.164. The third-order valence-electron chi connectivity index (χ3n) is 5.51. The number of nitrogens with zero attached hydrogens (tertiary/aromatic N) is 2. The topological polar surface area (TPSA) is 89.9 Å². The van der Waals surface area contributed by atoms with Crippen molar-refractivity contribution < 1.29 is 23.9 Å². The van der Waals surface area contributed by atoms with Crippen molar-refractivity contribution in [2.75, 3.05) is 19.0 Å². The monoisotopic (exact) mass is 467 g/mol. The first-order chi connectivity index (χ1) is 15.9. The molecule has 1 aliphatic rings.